The average molecular weight is 310 g/mol. The SMILES string of the molecule is COCC(NC(=O)NC1CCC(C(=O)O)CC1)c1ccco1. The molecule has 22 heavy (non-hydrogen) atoms. The quantitative estimate of drug-likeness (QED) is 0.745. The van der Waals surface area contributed by atoms with E-state index in [2.05, 4.69) is 10.6 Å². The van der Waals surface area contributed by atoms with Gasteiger partial charge in [-0.1, -0.05) is 0 Å². The van der Waals surface area contributed by atoms with E-state index in [-0.39, 0.29) is 24.0 Å². The van der Waals surface area contributed by atoms with Crippen molar-refractivity contribution in [2.24, 2.45) is 5.92 Å². The molecule has 0 aromatic carbocycles. The topological polar surface area (TPSA) is 101 Å². The van der Waals surface area contributed by atoms with Crippen molar-refractivity contribution in [3.05, 3.63) is 24.2 Å². The minimum atomic E-state index is -0.749. The molecule has 0 aliphatic heterocycles. The average Bonchev–Trinajstić information content (AvgIpc) is 3.01. The number of urea groups is 1. The molecule has 1 aliphatic rings. The first-order valence-electron chi connectivity index (χ1n) is 7.42. The van der Waals surface area contributed by atoms with E-state index in [1.54, 1.807) is 25.5 Å². The van der Waals surface area contributed by atoms with Crippen molar-refractivity contribution in [2.75, 3.05) is 13.7 Å². The van der Waals surface area contributed by atoms with Crippen molar-refractivity contribution >= 4 is 12.0 Å². The fraction of sp³-hybridized carbons (Fsp3) is 0.600. The fourth-order valence-corrected chi connectivity index (χ4v) is 2.72. The Morgan fingerprint density at radius 3 is 2.68 bits per heavy atom. The molecule has 2 rings (SSSR count). The normalized spacial score (nSPS) is 22.8. The van der Waals surface area contributed by atoms with Crippen molar-refractivity contribution in [3.8, 4) is 0 Å². The van der Waals surface area contributed by atoms with Gasteiger partial charge in [0.25, 0.3) is 0 Å². The number of hydrogen-bond donors (Lipinski definition) is 3. The Balaban J connectivity index is 1.81. The molecule has 0 radical (unpaired) electrons. The van der Waals surface area contributed by atoms with E-state index < -0.39 is 5.97 Å². The molecule has 0 spiro atoms. The molecule has 1 aromatic heterocycles. The third-order valence-corrected chi connectivity index (χ3v) is 3.94. The van der Waals surface area contributed by atoms with E-state index >= 15 is 0 Å². The van der Waals surface area contributed by atoms with Crippen LogP contribution in [0, 0.1) is 5.92 Å². The number of rotatable bonds is 6. The zero-order valence-electron chi connectivity index (χ0n) is 12.6. The van der Waals surface area contributed by atoms with Gasteiger partial charge in [0.2, 0.25) is 0 Å². The summed E-state index contributed by atoms with van der Waals surface area (Å²) in [7, 11) is 1.56. The van der Waals surface area contributed by atoms with E-state index in [0.717, 1.165) is 0 Å². The predicted octanol–water partition coefficient (Wildman–Crippen LogP) is 1.91. The molecule has 2 amide bonds. The van der Waals surface area contributed by atoms with Crippen LogP contribution >= 0.6 is 0 Å². The van der Waals surface area contributed by atoms with Gasteiger partial charge < -0.3 is 24.9 Å². The smallest absolute Gasteiger partial charge is 0.315 e. The summed E-state index contributed by atoms with van der Waals surface area (Å²) in [5.74, 6) is -0.405. The van der Waals surface area contributed by atoms with Crippen LogP contribution in [0.3, 0.4) is 0 Å². The number of nitrogens with one attached hydrogen (secondary N) is 2. The Morgan fingerprint density at radius 1 is 1.41 bits per heavy atom. The van der Waals surface area contributed by atoms with Crippen LogP contribution in [-0.4, -0.2) is 36.9 Å². The van der Waals surface area contributed by atoms with Crippen molar-refractivity contribution in [1.82, 2.24) is 10.6 Å². The molecule has 7 heteroatoms. The molecule has 0 bridgehead atoms. The minimum Gasteiger partial charge on any atom is -0.481 e. The van der Waals surface area contributed by atoms with E-state index in [1.807, 2.05) is 0 Å². The monoisotopic (exact) mass is 310 g/mol. The number of methoxy groups -OCH3 is 1. The molecule has 3 N–H and O–H groups in total. The maximum absolute atomic E-state index is 12.1. The largest absolute Gasteiger partial charge is 0.481 e. The summed E-state index contributed by atoms with van der Waals surface area (Å²) in [6.45, 7) is 0.312. The zero-order valence-corrected chi connectivity index (χ0v) is 12.6. The van der Waals surface area contributed by atoms with Gasteiger partial charge in [0.05, 0.1) is 18.8 Å². The second kappa shape index (κ2) is 7.84. The second-order valence-corrected chi connectivity index (χ2v) is 5.53. The third-order valence-electron chi connectivity index (χ3n) is 3.94. The van der Waals surface area contributed by atoms with Crippen molar-refractivity contribution < 1.29 is 23.8 Å². The fourth-order valence-electron chi connectivity index (χ4n) is 2.72. The van der Waals surface area contributed by atoms with Gasteiger partial charge in [0, 0.05) is 13.2 Å². The number of furan rings is 1. The molecule has 1 aliphatic carbocycles. The highest BCUT2D eigenvalue weighted by Crippen LogP contribution is 2.24. The van der Waals surface area contributed by atoms with Gasteiger partial charge in [-0.15, -0.1) is 0 Å². The van der Waals surface area contributed by atoms with Gasteiger partial charge in [-0.3, -0.25) is 4.79 Å². The Hall–Kier alpha value is -2.02. The summed E-state index contributed by atoms with van der Waals surface area (Å²) in [5, 5.41) is 14.7. The first kappa shape index (κ1) is 16.4. The van der Waals surface area contributed by atoms with Crippen molar-refractivity contribution in [2.45, 2.75) is 37.8 Å². The van der Waals surface area contributed by atoms with Gasteiger partial charge in [-0.05, 0) is 37.8 Å². The van der Waals surface area contributed by atoms with Crippen LogP contribution in [0.4, 0.5) is 4.79 Å². The minimum absolute atomic E-state index is 0.00963. The summed E-state index contributed by atoms with van der Waals surface area (Å²) < 4.78 is 10.4. The molecule has 1 saturated carbocycles. The van der Waals surface area contributed by atoms with Gasteiger partial charge in [-0.25, -0.2) is 4.79 Å². The highest BCUT2D eigenvalue weighted by Gasteiger charge is 2.27. The molecule has 1 heterocycles. The number of carbonyl (C=O) groups excluding carboxylic acids is 1. The Bertz CT molecular complexity index is 480. The Morgan fingerprint density at radius 2 is 2.14 bits per heavy atom. The summed E-state index contributed by atoms with van der Waals surface area (Å²) >= 11 is 0. The molecule has 1 fully saturated rings. The number of ether oxygens (including phenoxy) is 1. The second-order valence-electron chi connectivity index (χ2n) is 5.53. The van der Waals surface area contributed by atoms with E-state index in [4.69, 9.17) is 14.3 Å². The number of amides is 2. The molecule has 1 atom stereocenters. The van der Waals surface area contributed by atoms with Crippen LogP contribution in [-0.2, 0) is 9.53 Å². The van der Waals surface area contributed by atoms with Crippen LogP contribution in [0.2, 0.25) is 0 Å². The third kappa shape index (κ3) is 4.49. The maximum Gasteiger partial charge on any atom is 0.315 e. The van der Waals surface area contributed by atoms with Gasteiger partial charge in [0.1, 0.15) is 11.8 Å². The lowest BCUT2D eigenvalue weighted by Gasteiger charge is -2.27. The predicted molar refractivity (Wildman–Crippen MR) is 78.4 cm³/mol. The van der Waals surface area contributed by atoms with Gasteiger partial charge in [0.15, 0.2) is 0 Å². The molecule has 0 saturated heterocycles. The number of hydrogen-bond acceptors (Lipinski definition) is 4. The highest BCUT2D eigenvalue weighted by atomic mass is 16.5. The highest BCUT2D eigenvalue weighted by molar-refractivity contribution is 5.75. The Kier molecular flexibility index (Phi) is 5.83. The molecule has 1 unspecified atom stereocenters. The zero-order chi connectivity index (χ0) is 15.9. The lowest BCUT2D eigenvalue weighted by molar-refractivity contribution is -0.142. The van der Waals surface area contributed by atoms with Crippen LogP contribution in [0.1, 0.15) is 37.5 Å². The molecule has 122 valence electrons. The molecule has 7 nitrogen and oxygen atoms in total. The lowest BCUT2D eigenvalue weighted by atomic mass is 9.86. The number of carbonyl (C=O) groups is 2. The first-order chi connectivity index (χ1) is 10.6. The number of aliphatic carboxylic acids is 1. The summed E-state index contributed by atoms with van der Waals surface area (Å²) in [6.07, 6.45) is 4.10. The summed E-state index contributed by atoms with van der Waals surface area (Å²) in [5.41, 5.74) is 0. The van der Waals surface area contributed by atoms with E-state index in [0.29, 0.717) is 38.1 Å². The van der Waals surface area contributed by atoms with Crippen LogP contribution in [0.25, 0.3) is 0 Å². The number of carboxylic acid groups (broad SMARTS) is 1. The summed E-state index contributed by atoms with van der Waals surface area (Å²) in [4.78, 5) is 23.0. The summed E-state index contributed by atoms with van der Waals surface area (Å²) in [6, 6.07) is 2.90. The lowest BCUT2D eigenvalue weighted by Crippen LogP contribution is -2.45. The van der Waals surface area contributed by atoms with Crippen LogP contribution in [0.5, 0.6) is 0 Å². The van der Waals surface area contributed by atoms with Crippen molar-refractivity contribution in [1.29, 1.82) is 0 Å². The molecular formula is C15H22N2O5. The molecular weight excluding hydrogens is 288 g/mol. The molecule has 1 aromatic rings. The van der Waals surface area contributed by atoms with Crippen molar-refractivity contribution in [3.63, 3.8) is 0 Å². The maximum atomic E-state index is 12.1. The first-order valence-corrected chi connectivity index (χ1v) is 7.42. The van der Waals surface area contributed by atoms with Gasteiger partial charge in [-0.2, -0.15) is 0 Å². The van der Waals surface area contributed by atoms with E-state index in [9.17, 15) is 9.59 Å². The van der Waals surface area contributed by atoms with Gasteiger partial charge >= 0.3 is 12.0 Å². The van der Waals surface area contributed by atoms with Crippen LogP contribution in [0.15, 0.2) is 22.8 Å². The standard InChI is InChI=1S/C15H22N2O5/c1-21-9-12(13-3-2-8-22-13)17-15(20)16-11-6-4-10(5-7-11)14(18)19/h2-3,8,10-12H,4-7,9H2,1H3,(H,18,19)(H2,16,17,20). The van der Waals surface area contributed by atoms with Crippen LogP contribution < -0.4 is 10.6 Å². The number of carboxylic acids is 1. The van der Waals surface area contributed by atoms with E-state index in [1.165, 1.54) is 0 Å². The Labute approximate surface area is 129 Å².